The van der Waals surface area contributed by atoms with Crippen molar-refractivity contribution in [1.82, 2.24) is 0 Å². The molecule has 0 radical (unpaired) electrons. The fourth-order valence-electron chi connectivity index (χ4n) is 1.90. The van der Waals surface area contributed by atoms with Gasteiger partial charge in [-0.3, -0.25) is 0 Å². The number of rotatable bonds is 3. The molecule has 0 heterocycles. The van der Waals surface area contributed by atoms with Gasteiger partial charge in [-0.05, 0) is 18.8 Å². The quantitative estimate of drug-likeness (QED) is 0.730. The minimum Gasteiger partial charge on any atom is -0.327 e. The maximum atomic E-state index is 6.21. The average Bonchev–Trinajstić information content (AvgIpc) is 2.32. The van der Waals surface area contributed by atoms with Crippen LogP contribution in [0.4, 0.5) is 0 Å². The third-order valence-electron chi connectivity index (χ3n) is 3.33. The maximum Gasteiger partial charge on any atom is 0.0201 e. The van der Waals surface area contributed by atoms with Crippen molar-refractivity contribution in [2.45, 2.75) is 69.4 Å². The van der Waals surface area contributed by atoms with Gasteiger partial charge in [-0.2, -0.15) is 11.8 Å². The molecule has 0 aliphatic heterocycles. The second-order valence-electron chi connectivity index (χ2n) is 4.93. The second-order valence-corrected chi connectivity index (χ2v) is 6.55. The molecular formula is C12H25NS. The lowest BCUT2D eigenvalue weighted by Crippen LogP contribution is -2.33. The van der Waals surface area contributed by atoms with Crippen molar-refractivity contribution in [3.05, 3.63) is 0 Å². The molecule has 0 aromatic rings. The summed E-state index contributed by atoms with van der Waals surface area (Å²) in [5.41, 5.74) is 6.21. The van der Waals surface area contributed by atoms with Crippen LogP contribution in [-0.4, -0.2) is 16.5 Å². The lowest BCUT2D eigenvalue weighted by Gasteiger charge is -2.26. The van der Waals surface area contributed by atoms with Gasteiger partial charge in [0.1, 0.15) is 0 Å². The summed E-state index contributed by atoms with van der Waals surface area (Å²) in [5, 5.41) is 1.47. The minimum absolute atomic E-state index is 0.448. The van der Waals surface area contributed by atoms with Gasteiger partial charge in [0.25, 0.3) is 0 Å². The van der Waals surface area contributed by atoms with Crippen LogP contribution in [0, 0.1) is 5.92 Å². The standard InChI is InChI=1S/C12H25NS/c1-9(2)10(3)14-12-8-6-4-5-7-11(12)13/h9-12H,4-8,13H2,1-3H3. The Kier molecular flexibility index (Phi) is 5.32. The maximum absolute atomic E-state index is 6.21. The van der Waals surface area contributed by atoms with Crippen LogP contribution in [0.25, 0.3) is 0 Å². The van der Waals surface area contributed by atoms with E-state index in [-0.39, 0.29) is 0 Å². The summed E-state index contributed by atoms with van der Waals surface area (Å²) in [7, 11) is 0. The van der Waals surface area contributed by atoms with Crippen molar-refractivity contribution >= 4 is 11.8 Å². The zero-order valence-corrected chi connectivity index (χ0v) is 10.6. The van der Waals surface area contributed by atoms with E-state index in [1.807, 2.05) is 0 Å². The fraction of sp³-hybridized carbons (Fsp3) is 1.00. The Balaban J connectivity index is 2.40. The largest absolute Gasteiger partial charge is 0.327 e. The molecule has 0 saturated heterocycles. The van der Waals surface area contributed by atoms with Crippen LogP contribution in [0.2, 0.25) is 0 Å². The Morgan fingerprint density at radius 3 is 2.36 bits per heavy atom. The van der Waals surface area contributed by atoms with Gasteiger partial charge in [-0.1, -0.05) is 40.0 Å². The molecule has 0 aromatic heterocycles. The first-order valence-electron chi connectivity index (χ1n) is 6.02. The molecule has 0 amide bonds. The number of hydrogen-bond donors (Lipinski definition) is 1. The Morgan fingerprint density at radius 2 is 1.71 bits per heavy atom. The van der Waals surface area contributed by atoms with Gasteiger partial charge in [0.05, 0.1) is 0 Å². The molecule has 1 saturated carbocycles. The molecule has 1 aliphatic carbocycles. The highest BCUT2D eigenvalue weighted by molar-refractivity contribution is 8.00. The predicted octanol–water partition coefficient (Wildman–Crippen LogP) is 3.42. The normalized spacial score (nSPS) is 31.5. The van der Waals surface area contributed by atoms with E-state index in [2.05, 4.69) is 32.5 Å². The highest BCUT2D eigenvalue weighted by Gasteiger charge is 2.23. The van der Waals surface area contributed by atoms with E-state index in [1.54, 1.807) is 0 Å². The molecule has 1 rings (SSSR count). The summed E-state index contributed by atoms with van der Waals surface area (Å²) in [6.07, 6.45) is 6.69. The topological polar surface area (TPSA) is 26.0 Å². The van der Waals surface area contributed by atoms with E-state index in [4.69, 9.17) is 5.73 Å². The fourth-order valence-corrected chi connectivity index (χ4v) is 3.41. The Labute approximate surface area is 93.2 Å². The Bertz CT molecular complexity index is 158. The summed E-state index contributed by atoms with van der Waals surface area (Å²) >= 11 is 2.13. The Hall–Kier alpha value is 0.310. The number of nitrogens with two attached hydrogens (primary N) is 1. The summed E-state index contributed by atoms with van der Waals surface area (Å²) < 4.78 is 0. The van der Waals surface area contributed by atoms with Crippen molar-refractivity contribution in [3.63, 3.8) is 0 Å². The molecule has 2 N–H and O–H groups in total. The molecule has 0 spiro atoms. The zero-order chi connectivity index (χ0) is 10.6. The monoisotopic (exact) mass is 215 g/mol. The first kappa shape index (κ1) is 12.4. The second kappa shape index (κ2) is 6.02. The molecule has 3 unspecified atom stereocenters. The van der Waals surface area contributed by atoms with E-state index < -0.39 is 0 Å². The third kappa shape index (κ3) is 3.82. The highest BCUT2D eigenvalue weighted by atomic mass is 32.2. The van der Waals surface area contributed by atoms with E-state index in [1.165, 1.54) is 32.1 Å². The van der Waals surface area contributed by atoms with Gasteiger partial charge in [0, 0.05) is 16.5 Å². The van der Waals surface area contributed by atoms with Gasteiger partial charge < -0.3 is 5.73 Å². The van der Waals surface area contributed by atoms with Crippen molar-refractivity contribution in [2.75, 3.05) is 0 Å². The highest BCUT2D eigenvalue weighted by Crippen LogP contribution is 2.32. The van der Waals surface area contributed by atoms with Gasteiger partial charge in [0.15, 0.2) is 0 Å². The number of hydrogen-bond acceptors (Lipinski definition) is 2. The van der Waals surface area contributed by atoms with Crippen molar-refractivity contribution < 1.29 is 0 Å². The Morgan fingerprint density at radius 1 is 1.07 bits per heavy atom. The van der Waals surface area contributed by atoms with Crippen LogP contribution in [-0.2, 0) is 0 Å². The summed E-state index contributed by atoms with van der Waals surface area (Å²) in [6.45, 7) is 6.95. The molecule has 3 atom stereocenters. The molecule has 84 valence electrons. The molecule has 0 aromatic carbocycles. The number of thioether (sulfide) groups is 1. The van der Waals surface area contributed by atoms with Crippen molar-refractivity contribution in [2.24, 2.45) is 11.7 Å². The van der Waals surface area contributed by atoms with Crippen LogP contribution in [0.1, 0.15) is 52.9 Å². The average molecular weight is 215 g/mol. The summed E-state index contributed by atoms with van der Waals surface area (Å²) in [6, 6.07) is 0.448. The van der Waals surface area contributed by atoms with E-state index in [0.717, 1.165) is 16.4 Å². The van der Waals surface area contributed by atoms with Gasteiger partial charge >= 0.3 is 0 Å². The molecular weight excluding hydrogens is 190 g/mol. The van der Waals surface area contributed by atoms with Crippen LogP contribution >= 0.6 is 11.8 Å². The SMILES string of the molecule is CC(C)C(C)SC1CCCCCC1N. The molecule has 1 nitrogen and oxygen atoms in total. The minimum atomic E-state index is 0.448. The molecule has 1 aliphatic rings. The molecule has 1 fully saturated rings. The van der Waals surface area contributed by atoms with Crippen molar-refractivity contribution in [1.29, 1.82) is 0 Å². The van der Waals surface area contributed by atoms with Gasteiger partial charge in [0.2, 0.25) is 0 Å². The zero-order valence-electron chi connectivity index (χ0n) is 9.83. The third-order valence-corrected chi connectivity index (χ3v) is 5.24. The summed E-state index contributed by atoms with van der Waals surface area (Å²) in [4.78, 5) is 0. The van der Waals surface area contributed by atoms with Gasteiger partial charge in [-0.25, -0.2) is 0 Å². The van der Waals surface area contributed by atoms with E-state index in [0.29, 0.717) is 6.04 Å². The summed E-state index contributed by atoms with van der Waals surface area (Å²) in [5.74, 6) is 0.774. The van der Waals surface area contributed by atoms with Crippen LogP contribution in [0.5, 0.6) is 0 Å². The first-order chi connectivity index (χ1) is 6.61. The van der Waals surface area contributed by atoms with E-state index >= 15 is 0 Å². The van der Waals surface area contributed by atoms with Crippen LogP contribution in [0.15, 0.2) is 0 Å². The van der Waals surface area contributed by atoms with Crippen LogP contribution in [0.3, 0.4) is 0 Å². The first-order valence-corrected chi connectivity index (χ1v) is 6.96. The molecule has 14 heavy (non-hydrogen) atoms. The molecule has 0 bridgehead atoms. The van der Waals surface area contributed by atoms with Crippen molar-refractivity contribution in [3.8, 4) is 0 Å². The smallest absolute Gasteiger partial charge is 0.0201 e. The predicted molar refractivity (Wildman–Crippen MR) is 66.7 cm³/mol. The lowest BCUT2D eigenvalue weighted by molar-refractivity contribution is 0.584. The molecule has 2 heteroatoms. The van der Waals surface area contributed by atoms with E-state index in [9.17, 15) is 0 Å². The van der Waals surface area contributed by atoms with Crippen LogP contribution < -0.4 is 5.73 Å². The van der Waals surface area contributed by atoms with Gasteiger partial charge in [-0.15, -0.1) is 0 Å². The lowest BCUT2D eigenvalue weighted by atomic mass is 10.1.